The third kappa shape index (κ3) is 1.73. The van der Waals surface area contributed by atoms with Crippen LogP contribution in [0.3, 0.4) is 0 Å². The minimum absolute atomic E-state index is 0.206. The molecule has 1 heterocycles. The van der Waals surface area contributed by atoms with Crippen molar-refractivity contribution in [2.45, 2.75) is 13.0 Å². The number of hydrogen-bond acceptors (Lipinski definition) is 3. The van der Waals surface area contributed by atoms with Crippen LogP contribution >= 0.6 is 0 Å². The molecule has 0 bridgehead atoms. The third-order valence-corrected chi connectivity index (χ3v) is 1.21. The van der Waals surface area contributed by atoms with Crippen molar-refractivity contribution in [2.75, 3.05) is 6.54 Å². The highest BCUT2D eigenvalue weighted by Gasteiger charge is 1.92. The fourth-order valence-corrected chi connectivity index (χ4v) is 0.728. The van der Waals surface area contributed by atoms with Crippen LogP contribution in [-0.2, 0) is 6.54 Å². The Balaban J connectivity index is 2.42. The first kappa shape index (κ1) is 7.08. The van der Waals surface area contributed by atoms with E-state index in [-0.39, 0.29) is 5.75 Å². The summed E-state index contributed by atoms with van der Waals surface area (Å²) in [6.45, 7) is 1.43. The molecular weight excluding hydrogens is 130 g/mol. The van der Waals surface area contributed by atoms with Gasteiger partial charge in [-0.25, -0.2) is 0 Å². The van der Waals surface area contributed by atoms with Crippen LogP contribution in [0.25, 0.3) is 0 Å². The maximum absolute atomic E-state index is 8.84. The zero-order valence-corrected chi connectivity index (χ0v) is 5.70. The second-order valence-electron chi connectivity index (χ2n) is 2.10. The summed E-state index contributed by atoms with van der Waals surface area (Å²) in [5.74, 6) is 0.206. The first-order valence-corrected chi connectivity index (χ1v) is 3.24. The predicted molar refractivity (Wildman–Crippen MR) is 37.6 cm³/mol. The van der Waals surface area contributed by atoms with Gasteiger partial charge in [0.15, 0.2) is 5.75 Å². The Morgan fingerprint density at radius 1 is 1.70 bits per heavy atom. The number of nitrogens with zero attached hydrogens (tertiary/aromatic N) is 2. The van der Waals surface area contributed by atoms with Crippen LogP contribution in [0.15, 0.2) is 12.4 Å². The predicted octanol–water partition coefficient (Wildman–Crippen LogP) is -0.0625. The molecule has 1 rings (SSSR count). The first-order valence-electron chi connectivity index (χ1n) is 3.24. The normalized spacial score (nSPS) is 10.1. The zero-order chi connectivity index (χ0) is 7.40. The lowest BCUT2D eigenvalue weighted by Gasteiger charge is -1.95. The van der Waals surface area contributed by atoms with E-state index in [0.717, 1.165) is 13.0 Å². The number of nitrogens with two attached hydrogens (primary N) is 1. The van der Waals surface area contributed by atoms with Gasteiger partial charge in [0.2, 0.25) is 0 Å². The van der Waals surface area contributed by atoms with Crippen LogP contribution in [0.5, 0.6) is 5.75 Å². The van der Waals surface area contributed by atoms with Gasteiger partial charge in [-0.1, -0.05) is 0 Å². The molecule has 0 aromatic carbocycles. The van der Waals surface area contributed by atoms with Gasteiger partial charge in [-0.05, 0) is 13.0 Å². The highest BCUT2D eigenvalue weighted by atomic mass is 16.3. The Labute approximate surface area is 59.3 Å². The van der Waals surface area contributed by atoms with E-state index in [2.05, 4.69) is 5.10 Å². The number of hydrogen-bond donors (Lipinski definition) is 2. The molecule has 0 unspecified atom stereocenters. The van der Waals surface area contributed by atoms with E-state index in [1.807, 2.05) is 0 Å². The van der Waals surface area contributed by atoms with Crippen molar-refractivity contribution in [3.63, 3.8) is 0 Å². The maximum atomic E-state index is 8.84. The van der Waals surface area contributed by atoms with Crippen molar-refractivity contribution in [3.05, 3.63) is 12.4 Å². The van der Waals surface area contributed by atoms with Crippen molar-refractivity contribution < 1.29 is 5.11 Å². The van der Waals surface area contributed by atoms with Crippen LogP contribution in [0.4, 0.5) is 0 Å². The van der Waals surface area contributed by atoms with Crippen molar-refractivity contribution in [2.24, 2.45) is 5.73 Å². The molecule has 0 amide bonds. The maximum Gasteiger partial charge on any atom is 0.153 e. The lowest BCUT2D eigenvalue weighted by Crippen LogP contribution is -2.05. The van der Waals surface area contributed by atoms with Crippen LogP contribution in [-0.4, -0.2) is 21.4 Å². The molecule has 0 aliphatic carbocycles. The zero-order valence-electron chi connectivity index (χ0n) is 5.70. The van der Waals surface area contributed by atoms with Gasteiger partial charge in [-0.15, -0.1) is 0 Å². The van der Waals surface area contributed by atoms with E-state index in [9.17, 15) is 0 Å². The highest BCUT2D eigenvalue weighted by Crippen LogP contribution is 2.03. The molecule has 0 atom stereocenters. The van der Waals surface area contributed by atoms with Gasteiger partial charge in [-0.3, -0.25) is 4.68 Å². The molecule has 0 spiro atoms. The molecule has 0 saturated carbocycles. The highest BCUT2D eigenvalue weighted by molar-refractivity contribution is 5.08. The van der Waals surface area contributed by atoms with Crippen LogP contribution in [0.1, 0.15) is 6.42 Å². The molecule has 56 valence electrons. The molecule has 0 aliphatic rings. The fourth-order valence-electron chi connectivity index (χ4n) is 0.728. The average Bonchev–Trinajstić information content (AvgIpc) is 2.31. The molecule has 3 N–H and O–H groups in total. The van der Waals surface area contributed by atoms with Crippen LogP contribution in [0.2, 0.25) is 0 Å². The van der Waals surface area contributed by atoms with Gasteiger partial charge in [0, 0.05) is 6.54 Å². The summed E-state index contributed by atoms with van der Waals surface area (Å²) in [6.07, 6.45) is 3.88. The van der Waals surface area contributed by atoms with E-state index in [1.54, 1.807) is 10.9 Å². The molecule has 0 fully saturated rings. The van der Waals surface area contributed by atoms with E-state index >= 15 is 0 Å². The fraction of sp³-hybridized carbons (Fsp3) is 0.500. The third-order valence-electron chi connectivity index (χ3n) is 1.21. The molecule has 1 aromatic rings. The van der Waals surface area contributed by atoms with Crippen LogP contribution in [0, 0.1) is 0 Å². The Morgan fingerprint density at radius 3 is 3.00 bits per heavy atom. The first-order chi connectivity index (χ1) is 4.83. The molecule has 4 heteroatoms. The summed E-state index contributed by atoms with van der Waals surface area (Å²) in [5, 5.41) is 12.7. The smallest absolute Gasteiger partial charge is 0.153 e. The number of aromatic nitrogens is 2. The van der Waals surface area contributed by atoms with Crippen molar-refractivity contribution in [1.29, 1.82) is 0 Å². The van der Waals surface area contributed by atoms with Crippen molar-refractivity contribution in [3.8, 4) is 5.75 Å². The number of rotatable bonds is 3. The molecular formula is C6H11N3O. The van der Waals surface area contributed by atoms with Gasteiger partial charge in [0.25, 0.3) is 0 Å². The van der Waals surface area contributed by atoms with Gasteiger partial charge in [0.05, 0.1) is 12.4 Å². The summed E-state index contributed by atoms with van der Waals surface area (Å²) < 4.78 is 1.67. The molecule has 0 radical (unpaired) electrons. The van der Waals surface area contributed by atoms with Gasteiger partial charge in [-0.2, -0.15) is 5.10 Å². The minimum atomic E-state index is 0.206. The molecule has 10 heavy (non-hydrogen) atoms. The largest absolute Gasteiger partial charge is 0.505 e. The molecule has 4 nitrogen and oxygen atoms in total. The van der Waals surface area contributed by atoms with Gasteiger partial charge >= 0.3 is 0 Å². The molecule has 0 saturated heterocycles. The van der Waals surface area contributed by atoms with Crippen molar-refractivity contribution >= 4 is 0 Å². The van der Waals surface area contributed by atoms with E-state index < -0.39 is 0 Å². The standard InChI is InChI=1S/C6H11N3O/c7-2-1-3-9-5-6(10)4-8-9/h4-5,10H,1-3,7H2. The second kappa shape index (κ2) is 3.22. The Bertz CT molecular complexity index is 197. The lowest BCUT2D eigenvalue weighted by atomic mass is 10.4. The Hall–Kier alpha value is -1.03. The van der Waals surface area contributed by atoms with E-state index in [4.69, 9.17) is 10.8 Å². The van der Waals surface area contributed by atoms with E-state index in [1.165, 1.54) is 6.20 Å². The second-order valence-corrected chi connectivity index (χ2v) is 2.10. The average molecular weight is 141 g/mol. The molecule has 1 aromatic heterocycles. The summed E-state index contributed by atoms with van der Waals surface area (Å²) in [7, 11) is 0. The number of aromatic hydroxyl groups is 1. The lowest BCUT2D eigenvalue weighted by molar-refractivity contribution is 0.473. The summed E-state index contributed by atoms with van der Waals surface area (Å²) in [6, 6.07) is 0. The van der Waals surface area contributed by atoms with Gasteiger partial charge < -0.3 is 10.8 Å². The summed E-state index contributed by atoms with van der Waals surface area (Å²) in [4.78, 5) is 0. The SMILES string of the molecule is NCCCn1cc(O)cn1. The quantitative estimate of drug-likeness (QED) is 0.619. The molecule has 0 aliphatic heterocycles. The summed E-state index contributed by atoms with van der Waals surface area (Å²) >= 11 is 0. The van der Waals surface area contributed by atoms with Crippen molar-refractivity contribution in [1.82, 2.24) is 9.78 Å². The number of aryl methyl sites for hydroxylation is 1. The minimum Gasteiger partial charge on any atom is -0.505 e. The monoisotopic (exact) mass is 141 g/mol. The topological polar surface area (TPSA) is 64.1 Å². The Morgan fingerprint density at radius 2 is 2.50 bits per heavy atom. The summed E-state index contributed by atoms with van der Waals surface area (Å²) in [5.41, 5.74) is 5.28. The van der Waals surface area contributed by atoms with Gasteiger partial charge in [0.1, 0.15) is 0 Å². The Kier molecular flexibility index (Phi) is 2.28. The van der Waals surface area contributed by atoms with E-state index in [0.29, 0.717) is 6.54 Å². The van der Waals surface area contributed by atoms with Crippen LogP contribution < -0.4 is 5.73 Å².